The molecule has 0 aliphatic carbocycles. The van der Waals surface area contributed by atoms with Crippen LogP contribution in [0.1, 0.15) is 61.8 Å². The zero-order valence-corrected chi connectivity index (χ0v) is 11.1. The van der Waals surface area contributed by atoms with Gasteiger partial charge in [-0.25, -0.2) is 0 Å². The Hall–Kier alpha value is -0.460. The lowest BCUT2D eigenvalue weighted by atomic mass is 10.2. The van der Waals surface area contributed by atoms with E-state index in [1.807, 2.05) is 27.7 Å². The third-order valence-corrected chi connectivity index (χ3v) is 0.816. The van der Waals surface area contributed by atoms with Crippen LogP contribution >= 0.6 is 0 Å². The number of rotatable bonds is 1. The Morgan fingerprint density at radius 3 is 1.23 bits per heavy atom. The minimum absolute atomic E-state index is 0.667. The van der Waals surface area contributed by atoms with Crippen LogP contribution in [0.2, 0.25) is 0 Å². The van der Waals surface area contributed by atoms with Crippen molar-refractivity contribution in [3.05, 3.63) is 12.3 Å². The molecule has 2 N–H and O–H groups in total. The van der Waals surface area contributed by atoms with Crippen LogP contribution < -0.4 is 5.73 Å². The number of hydrogen-bond donors (Lipinski definition) is 1. The molecule has 0 unspecified atom stereocenters. The van der Waals surface area contributed by atoms with Gasteiger partial charge in [-0.2, -0.15) is 0 Å². The van der Waals surface area contributed by atoms with Gasteiger partial charge in [-0.3, -0.25) is 0 Å². The molecule has 0 atom stereocenters. The van der Waals surface area contributed by atoms with E-state index in [4.69, 9.17) is 5.73 Å². The second kappa shape index (κ2) is 30.0. The standard InChI is InChI=1S/C5H12.C3H7N.2C2H6/c1-4-5(2)3;1-3(2)4;2*1-2/h5H,4H2,1-3H3;1,4H2,2H3;2*1-2H3. The molecule has 84 valence electrons. The molecule has 0 bridgehead atoms. The molecule has 1 nitrogen and oxygen atoms in total. The Labute approximate surface area is 86.4 Å². The van der Waals surface area contributed by atoms with E-state index in [9.17, 15) is 0 Å². The van der Waals surface area contributed by atoms with Gasteiger partial charge in [0, 0.05) is 0 Å². The quantitative estimate of drug-likeness (QED) is 0.642. The molecule has 0 radical (unpaired) electrons. The van der Waals surface area contributed by atoms with Crippen molar-refractivity contribution in [3.8, 4) is 0 Å². The van der Waals surface area contributed by atoms with E-state index in [1.165, 1.54) is 6.42 Å². The zero-order valence-electron chi connectivity index (χ0n) is 11.1. The number of hydrogen-bond acceptors (Lipinski definition) is 1. The summed E-state index contributed by atoms with van der Waals surface area (Å²) in [4.78, 5) is 0. The second-order valence-corrected chi connectivity index (χ2v) is 2.65. The maximum atomic E-state index is 4.92. The van der Waals surface area contributed by atoms with Crippen LogP contribution in [-0.4, -0.2) is 0 Å². The first-order valence-corrected chi connectivity index (χ1v) is 5.41. The summed E-state index contributed by atoms with van der Waals surface area (Å²) in [5.41, 5.74) is 5.58. The van der Waals surface area contributed by atoms with E-state index >= 15 is 0 Å². The maximum Gasteiger partial charge on any atom is -0.00242 e. The van der Waals surface area contributed by atoms with Gasteiger partial charge in [0.25, 0.3) is 0 Å². The molecule has 0 aromatic rings. The molecule has 0 saturated carbocycles. The fraction of sp³-hybridized carbons (Fsp3) is 0.833. The minimum atomic E-state index is 0.667. The van der Waals surface area contributed by atoms with E-state index in [1.54, 1.807) is 6.92 Å². The summed E-state index contributed by atoms with van der Waals surface area (Å²) in [5.74, 6) is 0.884. The average Bonchev–Trinajstić information content (AvgIpc) is 2.10. The molecule has 0 aliphatic rings. The topological polar surface area (TPSA) is 26.0 Å². The summed E-state index contributed by atoms with van der Waals surface area (Å²) in [6.45, 7) is 19.7. The zero-order chi connectivity index (χ0) is 11.9. The monoisotopic (exact) mass is 189 g/mol. The fourth-order valence-electron chi connectivity index (χ4n) is 0. The van der Waals surface area contributed by atoms with E-state index in [0.29, 0.717) is 5.70 Å². The van der Waals surface area contributed by atoms with Gasteiger partial charge in [-0.15, -0.1) is 0 Å². The minimum Gasteiger partial charge on any atom is -0.403 e. The first-order valence-electron chi connectivity index (χ1n) is 5.41. The van der Waals surface area contributed by atoms with Crippen molar-refractivity contribution in [2.24, 2.45) is 11.7 Å². The van der Waals surface area contributed by atoms with Gasteiger partial charge in [0.15, 0.2) is 0 Å². The number of nitrogens with two attached hydrogens (primary N) is 1. The molecule has 0 rings (SSSR count). The van der Waals surface area contributed by atoms with E-state index in [0.717, 1.165) is 5.92 Å². The van der Waals surface area contributed by atoms with Gasteiger partial charge in [0.1, 0.15) is 0 Å². The summed E-state index contributed by atoms with van der Waals surface area (Å²) < 4.78 is 0. The first-order chi connectivity index (χ1) is 6.00. The molecular weight excluding hydrogens is 158 g/mol. The van der Waals surface area contributed by atoms with Crippen molar-refractivity contribution >= 4 is 0 Å². The van der Waals surface area contributed by atoms with E-state index in [-0.39, 0.29) is 0 Å². The molecule has 1 heteroatoms. The van der Waals surface area contributed by atoms with E-state index < -0.39 is 0 Å². The molecule has 0 aliphatic heterocycles. The predicted octanol–water partition coefficient (Wildman–Crippen LogP) is 4.58. The van der Waals surface area contributed by atoms with Gasteiger partial charge in [-0.1, -0.05) is 61.5 Å². The van der Waals surface area contributed by atoms with Crippen LogP contribution in [0, 0.1) is 5.92 Å². The highest BCUT2D eigenvalue weighted by molar-refractivity contribution is 4.76. The molecule has 0 spiro atoms. The van der Waals surface area contributed by atoms with Crippen LogP contribution in [0.15, 0.2) is 12.3 Å². The summed E-state index contributed by atoms with van der Waals surface area (Å²) in [6.07, 6.45) is 1.31. The Kier molecular flexibility index (Phi) is 52.8. The van der Waals surface area contributed by atoms with Crippen LogP contribution in [0.4, 0.5) is 0 Å². The fourth-order valence-corrected chi connectivity index (χ4v) is 0. The molecule has 0 aromatic heterocycles. The third-order valence-electron chi connectivity index (χ3n) is 0.816. The molecule has 0 fully saturated rings. The molecule has 0 heterocycles. The normalized spacial score (nSPS) is 6.54. The summed E-state index contributed by atoms with van der Waals surface area (Å²) in [6, 6.07) is 0. The smallest absolute Gasteiger partial charge is 0.00242 e. The van der Waals surface area contributed by atoms with Gasteiger partial charge < -0.3 is 5.73 Å². The van der Waals surface area contributed by atoms with E-state index in [2.05, 4.69) is 27.4 Å². The van der Waals surface area contributed by atoms with Gasteiger partial charge >= 0.3 is 0 Å². The Morgan fingerprint density at radius 1 is 1.15 bits per heavy atom. The largest absolute Gasteiger partial charge is 0.403 e. The second-order valence-electron chi connectivity index (χ2n) is 2.65. The Balaban J connectivity index is -0.0000000457. The first kappa shape index (κ1) is 22.9. The van der Waals surface area contributed by atoms with Crippen molar-refractivity contribution in [1.29, 1.82) is 0 Å². The van der Waals surface area contributed by atoms with Crippen LogP contribution in [0.25, 0.3) is 0 Å². The lowest BCUT2D eigenvalue weighted by Gasteiger charge is -1.90. The van der Waals surface area contributed by atoms with Gasteiger partial charge in [-0.05, 0) is 18.5 Å². The van der Waals surface area contributed by atoms with Crippen molar-refractivity contribution in [2.45, 2.75) is 61.8 Å². The Bertz CT molecular complexity index is 61.5. The van der Waals surface area contributed by atoms with Gasteiger partial charge in [0.2, 0.25) is 0 Å². The van der Waals surface area contributed by atoms with Crippen molar-refractivity contribution in [2.75, 3.05) is 0 Å². The lowest BCUT2D eigenvalue weighted by Crippen LogP contribution is -1.83. The molecular formula is C12H31N. The van der Waals surface area contributed by atoms with Crippen molar-refractivity contribution in [1.82, 2.24) is 0 Å². The summed E-state index contributed by atoms with van der Waals surface area (Å²) in [7, 11) is 0. The highest BCUT2D eigenvalue weighted by Gasteiger charge is 1.80. The summed E-state index contributed by atoms with van der Waals surface area (Å²) in [5, 5.41) is 0. The third kappa shape index (κ3) is 443. The maximum absolute atomic E-state index is 4.92. The van der Waals surface area contributed by atoms with Crippen LogP contribution in [0.5, 0.6) is 0 Å². The van der Waals surface area contributed by atoms with Crippen LogP contribution in [-0.2, 0) is 0 Å². The van der Waals surface area contributed by atoms with Crippen LogP contribution in [0.3, 0.4) is 0 Å². The SMILES string of the molecule is C=C(C)N.CC.CC.CCC(C)C. The molecule has 0 saturated heterocycles. The van der Waals surface area contributed by atoms with Crippen molar-refractivity contribution < 1.29 is 0 Å². The highest BCUT2D eigenvalue weighted by atomic mass is 14.5. The molecule has 0 aromatic carbocycles. The molecule has 0 amide bonds. The van der Waals surface area contributed by atoms with Crippen molar-refractivity contribution in [3.63, 3.8) is 0 Å². The summed E-state index contributed by atoms with van der Waals surface area (Å²) >= 11 is 0. The Morgan fingerprint density at radius 2 is 1.23 bits per heavy atom. The average molecular weight is 189 g/mol. The number of allylic oxidation sites excluding steroid dienone is 1. The lowest BCUT2D eigenvalue weighted by molar-refractivity contribution is 0.626. The predicted molar refractivity (Wildman–Crippen MR) is 66.8 cm³/mol. The molecule has 13 heavy (non-hydrogen) atoms. The van der Waals surface area contributed by atoms with Gasteiger partial charge in [0.05, 0.1) is 0 Å². The highest BCUT2D eigenvalue weighted by Crippen LogP contribution is 1.93.